The van der Waals surface area contributed by atoms with Gasteiger partial charge in [0.05, 0.1) is 37.3 Å². The number of nitrogens with one attached hydrogen (secondary N) is 8. The number of nitrogens with two attached hydrogens (primary N) is 2. The molecule has 2 aliphatic rings. The van der Waals surface area contributed by atoms with E-state index in [4.69, 9.17) is 16.2 Å². The second-order valence-corrected chi connectivity index (χ2v) is 22.4. The Morgan fingerprint density at radius 2 is 1.24 bits per heavy atom. The SMILES string of the molecule is C/C=C1/NC(=O)[C@H](C(C)C)NC(=O)[C@H](O)[C@@H]([C@@H](C)CCCCCCCCCCCC)NC(=O)[C@@H]2CCCN2C(=O)[C@H](CC(N)=O)N(C)C(=O)[C@H]([C@H](C)OC)NC(=O)CNC(=O)[C@H](CCC(N)=O)NC(=O)[C@H]([C@H](C)O)NC(=O)[C@H]([C@H](C)O)NC1=O. The van der Waals surface area contributed by atoms with Crippen LogP contribution >= 0.6 is 0 Å². The Morgan fingerprint density at radius 1 is 0.679 bits per heavy atom. The zero-order chi connectivity index (χ0) is 63.5. The van der Waals surface area contributed by atoms with Crippen molar-refractivity contribution in [2.45, 2.75) is 231 Å². The minimum absolute atomic E-state index is 0.0329. The van der Waals surface area contributed by atoms with Crippen molar-refractivity contribution in [3.8, 4) is 0 Å². The molecule has 2 fully saturated rings. The van der Waals surface area contributed by atoms with Gasteiger partial charge < -0.3 is 83.9 Å². The first-order chi connectivity index (χ1) is 39.5. The number of primary amides is 2. The van der Waals surface area contributed by atoms with Crippen LogP contribution < -0.4 is 54.0 Å². The molecule has 28 heteroatoms. The number of carbonyl (C=O) groups excluding carboxylic acids is 12. The van der Waals surface area contributed by atoms with Crippen LogP contribution in [0, 0.1) is 11.8 Å². The van der Waals surface area contributed by atoms with Crippen LogP contribution in [0.5, 0.6) is 0 Å². The minimum atomic E-state index is -2.01. The van der Waals surface area contributed by atoms with E-state index in [1.54, 1.807) is 20.8 Å². The van der Waals surface area contributed by atoms with Crippen molar-refractivity contribution in [3.63, 3.8) is 0 Å². The summed E-state index contributed by atoms with van der Waals surface area (Å²) in [5.74, 6) is -13.6. The van der Waals surface area contributed by atoms with Crippen molar-refractivity contribution >= 4 is 70.9 Å². The fourth-order valence-corrected chi connectivity index (χ4v) is 9.90. The summed E-state index contributed by atoms with van der Waals surface area (Å²) in [6.07, 6.45) is 4.05. The Bertz CT molecular complexity index is 2300. The predicted molar refractivity (Wildman–Crippen MR) is 306 cm³/mol. The number of unbranched alkanes of at least 4 members (excludes halogenated alkanes) is 9. The summed E-state index contributed by atoms with van der Waals surface area (Å²) in [6.45, 7) is 11.1. The maximum atomic E-state index is 14.7. The van der Waals surface area contributed by atoms with Gasteiger partial charge in [0.2, 0.25) is 59.1 Å². The first-order valence-electron chi connectivity index (χ1n) is 29.3. The maximum Gasteiger partial charge on any atom is 0.268 e. The van der Waals surface area contributed by atoms with Crippen LogP contribution in [-0.2, 0) is 62.3 Å². The summed E-state index contributed by atoms with van der Waals surface area (Å²) < 4.78 is 5.41. The molecule has 84 heavy (non-hydrogen) atoms. The molecule has 0 spiro atoms. The van der Waals surface area contributed by atoms with Crippen molar-refractivity contribution in [2.75, 3.05) is 27.2 Å². The van der Waals surface area contributed by atoms with E-state index in [1.165, 1.54) is 47.3 Å². The van der Waals surface area contributed by atoms with Crippen LogP contribution in [-0.4, -0.2) is 196 Å². The highest BCUT2D eigenvalue weighted by Crippen LogP contribution is 2.25. The fourth-order valence-electron chi connectivity index (χ4n) is 9.90. The van der Waals surface area contributed by atoms with Gasteiger partial charge in [-0.05, 0) is 65.2 Å². The lowest BCUT2D eigenvalue weighted by Crippen LogP contribution is -2.62. The number of rotatable bonds is 22. The molecule has 2 aliphatic heterocycles. The molecule has 0 aromatic rings. The molecule has 0 bridgehead atoms. The van der Waals surface area contributed by atoms with E-state index in [9.17, 15) is 72.9 Å². The van der Waals surface area contributed by atoms with E-state index in [0.717, 1.165) is 68.2 Å². The van der Waals surface area contributed by atoms with Gasteiger partial charge in [0.1, 0.15) is 48.0 Å². The van der Waals surface area contributed by atoms with Gasteiger partial charge in [-0.1, -0.05) is 98.0 Å². The number of hydrogen-bond donors (Lipinski definition) is 13. The van der Waals surface area contributed by atoms with Crippen molar-refractivity contribution in [1.82, 2.24) is 52.3 Å². The monoisotopic (exact) mass is 1190 g/mol. The molecule has 0 aromatic heterocycles. The van der Waals surface area contributed by atoms with E-state index in [0.29, 0.717) is 12.8 Å². The third-order valence-corrected chi connectivity index (χ3v) is 15.2. The molecule has 0 radical (unpaired) electrons. The second-order valence-electron chi connectivity index (χ2n) is 22.4. The Labute approximate surface area is 492 Å². The van der Waals surface area contributed by atoms with Crippen LogP contribution in [0.1, 0.15) is 158 Å². The van der Waals surface area contributed by atoms with Gasteiger partial charge in [0.25, 0.3) is 11.8 Å². The number of allylic oxidation sites excluding steroid dienone is 1. The summed E-state index contributed by atoms with van der Waals surface area (Å²) in [4.78, 5) is 167. The highest BCUT2D eigenvalue weighted by Gasteiger charge is 2.44. The van der Waals surface area contributed by atoms with Crippen LogP contribution in [0.25, 0.3) is 0 Å². The summed E-state index contributed by atoms with van der Waals surface area (Å²) in [7, 11) is 2.39. The molecule has 2 heterocycles. The lowest BCUT2D eigenvalue weighted by atomic mass is 9.90. The van der Waals surface area contributed by atoms with E-state index in [-0.39, 0.29) is 19.4 Å². The number of hydrogen-bond acceptors (Lipinski definition) is 16. The molecule has 13 atom stereocenters. The Hall–Kier alpha value is -6.78. The number of aliphatic hydroxyl groups is 3. The highest BCUT2D eigenvalue weighted by molar-refractivity contribution is 6.03. The third kappa shape index (κ3) is 23.3. The smallest absolute Gasteiger partial charge is 0.268 e. The van der Waals surface area contributed by atoms with Gasteiger partial charge >= 0.3 is 0 Å². The molecular formula is C56H96N12O16. The average molecular weight is 1190 g/mol. The standard InChI is InChI=1S/C56H96N12O16/c1-11-13-14-15-16-17-18-19-20-21-23-31(5)43-47(74)54(81)63-42(30(3)4)51(78)60-35(12-2)49(76)65-45(33(7)70)53(80)66-44(32(6)69)52(79)61-36(25-26-39(57)71)48(75)59-29-41(73)62-46(34(8)84-10)56(83)67(9)38(28-40(58)72)55(82)68-27-22-24-37(68)50(77)64-43/h12,30-34,36-38,42-47,69-70,74H,11,13-29H2,1-10H3,(H2,57,71)(H2,58,72)(H,59,75)(H,60,78)(H,61,79)(H,62,73)(H,63,81)(H,64,77)(H,65,76)(H,66,80)/b35-12+/t31-,32-,33-,34-,36-,37-,38-,42-,43+,44-,45-,46-,47+/m0/s1. The molecule has 12 amide bonds. The number of likely N-dealkylation sites (N-methyl/N-ethyl adjacent to an activating group) is 1. The molecule has 0 unspecified atom stereocenters. The largest absolute Gasteiger partial charge is 0.391 e. The second kappa shape index (κ2) is 36.8. The first kappa shape index (κ1) is 73.3. The number of carbonyl (C=O) groups is 12. The topological polar surface area (TPSA) is 430 Å². The summed E-state index contributed by atoms with van der Waals surface area (Å²) in [5, 5.41) is 52.7. The third-order valence-electron chi connectivity index (χ3n) is 15.2. The molecule has 28 nitrogen and oxygen atoms in total. The number of methoxy groups -OCH3 is 1. The number of ether oxygens (including phenoxy) is 1. The fraction of sp³-hybridized carbons (Fsp3) is 0.750. The van der Waals surface area contributed by atoms with Crippen LogP contribution in [0.2, 0.25) is 0 Å². The number of aliphatic hydroxyl groups excluding tert-OH is 3. The number of amides is 12. The Morgan fingerprint density at radius 3 is 1.77 bits per heavy atom. The number of nitrogens with zero attached hydrogens (tertiary/aromatic N) is 2. The van der Waals surface area contributed by atoms with Gasteiger partial charge in [-0.2, -0.15) is 0 Å². The van der Waals surface area contributed by atoms with Gasteiger partial charge in [-0.25, -0.2) is 0 Å². The minimum Gasteiger partial charge on any atom is -0.391 e. The zero-order valence-electron chi connectivity index (χ0n) is 50.6. The molecule has 15 N–H and O–H groups in total. The van der Waals surface area contributed by atoms with Crippen molar-refractivity contribution in [1.29, 1.82) is 0 Å². The quantitative estimate of drug-likeness (QED) is 0.0403. The summed E-state index contributed by atoms with van der Waals surface area (Å²) in [6, 6.07) is -12.7. The predicted octanol–water partition coefficient (Wildman–Crippen LogP) is -2.24. The van der Waals surface area contributed by atoms with E-state index in [1.807, 2.05) is 0 Å². The van der Waals surface area contributed by atoms with Crippen molar-refractivity contribution < 1.29 is 77.6 Å². The molecule has 0 aliphatic carbocycles. The molecule has 2 rings (SSSR count). The van der Waals surface area contributed by atoms with Gasteiger partial charge in [0, 0.05) is 27.1 Å². The first-order valence-corrected chi connectivity index (χ1v) is 29.3. The molecular weight excluding hydrogens is 1100 g/mol. The van der Waals surface area contributed by atoms with Gasteiger partial charge in [-0.15, -0.1) is 0 Å². The lowest BCUT2D eigenvalue weighted by molar-refractivity contribution is -0.151. The molecule has 2 saturated heterocycles. The van der Waals surface area contributed by atoms with Crippen LogP contribution in [0.4, 0.5) is 0 Å². The summed E-state index contributed by atoms with van der Waals surface area (Å²) in [5.41, 5.74) is 10.5. The summed E-state index contributed by atoms with van der Waals surface area (Å²) >= 11 is 0. The Kier molecular flexibility index (Phi) is 32.1. The molecule has 0 saturated carbocycles. The molecule has 476 valence electrons. The average Bonchev–Trinajstić information content (AvgIpc) is 4.08. The van der Waals surface area contributed by atoms with Crippen molar-refractivity contribution in [3.05, 3.63) is 11.8 Å². The zero-order valence-corrected chi connectivity index (χ0v) is 50.6. The van der Waals surface area contributed by atoms with E-state index >= 15 is 0 Å². The number of fused-ring (bicyclic) bond motifs is 1. The normalized spacial score (nSPS) is 26.7. The Balaban J connectivity index is 2.77. The van der Waals surface area contributed by atoms with Crippen LogP contribution in [0.15, 0.2) is 11.8 Å². The lowest BCUT2D eigenvalue weighted by Gasteiger charge is -2.36. The highest BCUT2D eigenvalue weighted by atomic mass is 16.5. The molecule has 0 aromatic carbocycles. The van der Waals surface area contributed by atoms with Gasteiger partial charge in [-0.3, -0.25) is 57.5 Å². The van der Waals surface area contributed by atoms with E-state index in [2.05, 4.69) is 49.5 Å². The van der Waals surface area contributed by atoms with E-state index < -0.39 is 187 Å². The van der Waals surface area contributed by atoms with Crippen LogP contribution in [0.3, 0.4) is 0 Å². The van der Waals surface area contributed by atoms with Crippen molar-refractivity contribution in [2.24, 2.45) is 23.3 Å². The maximum absolute atomic E-state index is 14.7. The van der Waals surface area contributed by atoms with Gasteiger partial charge in [0.15, 0.2) is 6.10 Å².